The second-order valence-corrected chi connectivity index (χ2v) is 4.96. The van der Waals surface area contributed by atoms with Gasteiger partial charge in [-0.3, -0.25) is 9.36 Å². The van der Waals surface area contributed by atoms with Crippen molar-refractivity contribution in [3.05, 3.63) is 39.3 Å². The zero-order valence-corrected chi connectivity index (χ0v) is 12.3. The summed E-state index contributed by atoms with van der Waals surface area (Å²) in [5.74, 6) is -0.276. The molecule has 1 amide bonds. The van der Waals surface area contributed by atoms with Gasteiger partial charge in [-0.1, -0.05) is 0 Å². The van der Waals surface area contributed by atoms with E-state index in [1.807, 2.05) is 13.0 Å². The average Bonchev–Trinajstić information content (AvgIpc) is 2.78. The van der Waals surface area contributed by atoms with Gasteiger partial charge in [0.1, 0.15) is 0 Å². The molecule has 0 fully saturated rings. The lowest BCUT2D eigenvalue weighted by atomic mass is 10.3. The lowest BCUT2D eigenvalue weighted by Crippen LogP contribution is -2.33. The molecule has 20 heavy (non-hydrogen) atoms. The van der Waals surface area contributed by atoms with Crippen LogP contribution in [0.25, 0.3) is 0 Å². The number of nitrogens with zero attached hydrogens (tertiary/aromatic N) is 4. The van der Waals surface area contributed by atoms with Crippen LogP contribution in [0.3, 0.4) is 0 Å². The number of hydrogen-bond donors (Lipinski definition) is 1. The first-order valence-corrected chi connectivity index (χ1v) is 6.84. The Bertz CT molecular complexity index is 691. The molecule has 0 bridgehead atoms. The van der Waals surface area contributed by atoms with Crippen LogP contribution in [0.4, 0.5) is 0 Å². The van der Waals surface area contributed by atoms with Crippen LogP contribution in [0.15, 0.2) is 10.9 Å². The Morgan fingerprint density at radius 1 is 1.35 bits per heavy atom. The van der Waals surface area contributed by atoms with E-state index in [4.69, 9.17) is 0 Å². The maximum absolute atomic E-state index is 11.8. The molecule has 0 aliphatic heterocycles. The van der Waals surface area contributed by atoms with Gasteiger partial charge in [-0.05, 0) is 26.8 Å². The van der Waals surface area contributed by atoms with E-state index in [9.17, 15) is 9.59 Å². The highest BCUT2D eigenvalue weighted by Gasteiger charge is 2.12. The van der Waals surface area contributed by atoms with Crippen molar-refractivity contribution < 1.29 is 4.79 Å². The van der Waals surface area contributed by atoms with Crippen molar-refractivity contribution in [1.82, 2.24) is 23.6 Å². The molecule has 2 heterocycles. The van der Waals surface area contributed by atoms with Crippen molar-refractivity contribution in [3.63, 3.8) is 0 Å². The lowest BCUT2D eigenvalue weighted by molar-refractivity contribution is 0.0947. The standard InChI is InChI=1S/C12H15N5O2S/c1-7-6-8(2)17(12(19)14-7)5-4-13-11(18)10-9(3)15-20-16-10/h6H,4-5H2,1-3H3,(H,13,18). The van der Waals surface area contributed by atoms with Crippen LogP contribution in [0.1, 0.15) is 27.6 Å². The smallest absolute Gasteiger partial charge is 0.348 e. The predicted octanol–water partition coefficient (Wildman–Crippen LogP) is 0.450. The molecule has 7 nitrogen and oxygen atoms in total. The minimum Gasteiger partial charge on any atom is -0.349 e. The first-order chi connectivity index (χ1) is 9.49. The lowest BCUT2D eigenvalue weighted by Gasteiger charge is -2.10. The van der Waals surface area contributed by atoms with Crippen molar-refractivity contribution in [2.45, 2.75) is 27.3 Å². The molecule has 0 saturated carbocycles. The molecule has 0 aromatic carbocycles. The molecule has 0 aliphatic carbocycles. The van der Waals surface area contributed by atoms with Crippen LogP contribution in [0.2, 0.25) is 0 Å². The van der Waals surface area contributed by atoms with Crippen molar-refractivity contribution in [1.29, 1.82) is 0 Å². The fraction of sp³-hybridized carbons (Fsp3) is 0.417. The highest BCUT2D eigenvalue weighted by atomic mass is 32.1. The number of aryl methyl sites for hydroxylation is 3. The first-order valence-electron chi connectivity index (χ1n) is 6.11. The van der Waals surface area contributed by atoms with Crippen LogP contribution in [0.5, 0.6) is 0 Å². The second kappa shape index (κ2) is 5.91. The Kier molecular flexibility index (Phi) is 4.23. The third-order valence-corrected chi connectivity index (χ3v) is 3.45. The summed E-state index contributed by atoms with van der Waals surface area (Å²) in [7, 11) is 0. The maximum atomic E-state index is 11.8. The Morgan fingerprint density at radius 2 is 2.10 bits per heavy atom. The third kappa shape index (κ3) is 3.08. The first kappa shape index (κ1) is 14.3. The van der Waals surface area contributed by atoms with Crippen molar-refractivity contribution in [2.75, 3.05) is 6.54 Å². The topological polar surface area (TPSA) is 89.8 Å². The van der Waals surface area contributed by atoms with E-state index < -0.39 is 0 Å². The van der Waals surface area contributed by atoms with Gasteiger partial charge in [-0.15, -0.1) is 0 Å². The predicted molar refractivity (Wildman–Crippen MR) is 75.0 cm³/mol. The molecule has 0 unspecified atom stereocenters. The number of rotatable bonds is 4. The van der Waals surface area contributed by atoms with Gasteiger partial charge in [0.25, 0.3) is 5.91 Å². The number of carbonyl (C=O) groups is 1. The van der Waals surface area contributed by atoms with Crippen LogP contribution in [0, 0.1) is 20.8 Å². The Balaban J connectivity index is 1.99. The third-order valence-electron chi connectivity index (χ3n) is 2.84. The molecule has 2 aromatic heterocycles. The van der Waals surface area contributed by atoms with E-state index >= 15 is 0 Å². The summed E-state index contributed by atoms with van der Waals surface area (Å²) in [5.41, 5.74) is 2.16. The molecule has 0 spiro atoms. The minimum absolute atomic E-state index is 0.276. The highest BCUT2D eigenvalue weighted by Crippen LogP contribution is 2.03. The van der Waals surface area contributed by atoms with Crippen LogP contribution in [-0.4, -0.2) is 30.8 Å². The van der Waals surface area contributed by atoms with Gasteiger partial charge in [-0.2, -0.15) is 13.7 Å². The Hall–Kier alpha value is -2.09. The minimum atomic E-state index is -0.303. The highest BCUT2D eigenvalue weighted by molar-refractivity contribution is 6.99. The van der Waals surface area contributed by atoms with Crippen molar-refractivity contribution >= 4 is 17.6 Å². The van der Waals surface area contributed by atoms with Gasteiger partial charge in [0.15, 0.2) is 5.69 Å². The summed E-state index contributed by atoms with van der Waals surface area (Å²) in [6.45, 7) is 6.06. The Morgan fingerprint density at radius 3 is 2.70 bits per heavy atom. The molecule has 106 valence electrons. The molecule has 0 aliphatic rings. The second-order valence-electron chi connectivity index (χ2n) is 4.43. The molecular formula is C12H15N5O2S. The summed E-state index contributed by atoms with van der Waals surface area (Å²) in [5, 5.41) is 2.72. The average molecular weight is 293 g/mol. The van der Waals surface area contributed by atoms with Crippen LogP contribution < -0.4 is 11.0 Å². The van der Waals surface area contributed by atoms with Crippen LogP contribution in [-0.2, 0) is 6.54 Å². The number of aromatic nitrogens is 4. The largest absolute Gasteiger partial charge is 0.349 e. The van der Waals surface area contributed by atoms with Crippen molar-refractivity contribution in [3.8, 4) is 0 Å². The summed E-state index contributed by atoms with van der Waals surface area (Å²) in [4.78, 5) is 27.4. The van der Waals surface area contributed by atoms with Gasteiger partial charge >= 0.3 is 5.69 Å². The van der Waals surface area contributed by atoms with Crippen LogP contribution >= 0.6 is 11.7 Å². The molecule has 2 rings (SSSR count). The van der Waals surface area contributed by atoms with E-state index in [1.165, 1.54) is 4.57 Å². The number of carbonyl (C=O) groups excluding carboxylic acids is 1. The van der Waals surface area contributed by atoms with E-state index in [0.717, 1.165) is 17.4 Å². The summed E-state index contributed by atoms with van der Waals surface area (Å²) in [6, 6.07) is 1.83. The molecular weight excluding hydrogens is 278 g/mol. The fourth-order valence-corrected chi connectivity index (χ4v) is 2.40. The van der Waals surface area contributed by atoms with Gasteiger partial charge in [-0.25, -0.2) is 4.79 Å². The molecule has 0 saturated heterocycles. The molecule has 0 atom stereocenters. The van der Waals surface area contributed by atoms with Gasteiger partial charge in [0.2, 0.25) is 0 Å². The summed E-state index contributed by atoms with van der Waals surface area (Å²) < 4.78 is 9.40. The molecule has 1 N–H and O–H groups in total. The molecule has 8 heteroatoms. The molecule has 2 aromatic rings. The SMILES string of the molecule is Cc1cc(C)n(CCNC(=O)c2nsnc2C)c(=O)n1. The normalized spacial score (nSPS) is 10.6. The van der Waals surface area contributed by atoms with E-state index in [0.29, 0.717) is 30.2 Å². The molecule has 0 radical (unpaired) electrons. The monoisotopic (exact) mass is 293 g/mol. The Labute approximate surface area is 120 Å². The number of nitrogens with one attached hydrogen (secondary N) is 1. The zero-order chi connectivity index (χ0) is 14.7. The quantitative estimate of drug-likeness (QED) is 0.884. The number of amides is 1. The van der Waals surface area contributed by atoms with Crippen molar-refractivity contribution in [2.24, 2.45) is 0 Å². The summed E-state index contributed by atoms with van der Waals surface area (Å²) >= 11 is 1.00. The maximum Gasteiger partial charge on any atom is 0.348 e. The summed E-state index contributed by atoms with van der Waals surface area (Å²) in [6.07, 6.45) is 0. The zero-order valence-electron chi connectivity index (χ0n) is 11.5. The van der Waals surface area contributed by atoms with Gasteiger partial charge in [0.05, 0.1) is 17.4 Å². The van der Waals surface area contributed by atoms with Gasteiger partial charge in [0, 0.05) is 24.5 Å². The van der Waals surface area contributed by atoms with E-state index in [2.05, 4.69) is 19.0 Å². The van der Waals surface area contributed by atoms with Gasteiger partial charge < -0.3 is 5.32 Å². The fourth-order valence-electron chi connectivity index (χ4n) is 1.85. The number of hydrogen-bond acceptors (Lipinski definition) is 6. The van der Waals surface area contributed by atoms with E-state index in [1.54, 1.807) is 13.8 Å². The van der Waals surface area contributed by atoms with E-state index in [-0.39, 0.29) is 11.6 Å².